The van der Waals surface area contributed by atoms with Crippen LogP contribution in [0, 0.1) is 0 Å². The van der Waals surface area contributed by atoms with Gasteiger partial charge in [-0.05, 0) is 30.2 Å². The number of benzene rings is 1. The molecule has 0 atom stereocenters. The van der Waals surface area contributed by atoms with E-state index in [1.165, 1.54) is 6.07 Å². The highest BCUT2D eigenvalue weighted by Crippen LogP contribution is 2.31. The van der Waals surface area contributed by atoms with Gasteiger partial charge in [-0.3, -0.25) is 0 Å². The molecule has 0 fully saturated rings. The summed E-state index contributed by atoms with van der Waals surface area (Å²) in [6, 6.07) is 3.28. The first-order valence-electron chi connectivity index (χ1n) is 4.51. The molecule has 1 aromatic rings. The highest BCUT2D eigenvalue weighted by atomic mass is 35.5. The first-order chi connectivity index (χ1) is 7.45. The third-order valence-corrected chi connectivity index (χ3v) is 2.51. The molecule has 0 aliphatic heterocycles. The molecule has 0 aliphatic rings. The van der Waals surface area contributed by atoms with Gasteiger partial charge in [0.25, 0.3) is 0 Å². The fourth-order valence-electron chi connectivity index (χ4n) is 1.18. The van der Waals surface area contributed by atoms with Crippen LogP contribution >= 0.6 is 23.2 Å². The topological polar surface area (TPSA) is 0 Å². The normalized spacial score (nSPS) is 12.3. The molecule has 0 saturated carbocycles. The van der Waals surface area contributed by atoms with Crippen LogP contribution in [0.25, 0.3) is 0 Å². The smallest absolute Gasteiger partial charge is 0.166 e. The predicted molar refractivity (Wildman–Crippen MR) is 60.0 cm³/mol. The Morgan fingerprint density at radius 2 is 1.88 bits per heavy atom. The molecular formula is C11H9Cl2F3. The van der Waals surface area contributed by atoms with E-state index in [1.807, 2.05) is 0 Å². The van der Waals surface area contributed by atoms with Crippen LogP contribution in [0.5, 0.6) is 0 Å². The predicted octanol–water partition coefficient (Wildman–Crippen LogP) is 4.70. The molecule has 0 unspecified atom stereocenters. The van der Waals surface area contributed by atoms with E-state index < -0.39 is 11.7 Å². The minimum Gasteiger partial charge on any atom is -0.166 e. The van der Waals surface area contributed by atoms with Crippen molar-refractivity contribution in [1.29, 1.82) is 0 Å². The van der Waals surface area contributed by atoms with Crippen molar-refractivity contribution in [2.75, 3.05) is 5.88 Å². The lowest BCUT2D eigenvalue weighted by molar-refractivity contribution is -0.137. The highest BCUT2D eigenvalue weighted by molar-refractivity contribution is 6.31. The van der Waals surface area contributed by atoms with Gasteiger partial charge in [0, 0.05) is 10.9 Å². The molecule has 0 nitrogen and oxygen atoms in total. The summed E-state index contributed by atoms with van der Waals surface area (Å²) in [4.78, 5) is 0. The largest absolute Gasteiger partial charge is 0.416 e. The van der Waals surface area contributed by atoms with Gasteiger partial charge in [0.15, 0.2) is 0 Å². The number of hydrogen-bond donors (Lipinski definition) is 0. The van der Waals surface area contributed by atoms with Gasteiger partial charge in [-0.25, -0.2) is 0 Å². The van der Waals surface area contributed by atoms with Crippen LogP contribution in [0.3, 0.4) is 0 Å². The Morgan fingerprint density at radius 1 is 1.19 bits per heavy atom. The molecular weight excluding hydrogens is 260 g/mol. The van der Waals surface area contributed by atoms with Gasteiger partial charge in [-0.1, -0.05) is 23.8 Å². The number of hydrogen-bond acceptors (Lipinski definition) is 0. The van der Waals surface area contributed by atoms with Crippen molar-refractivity contribution in [3.63, 3.8) is 0 Å². The Balaban J connectivity index is 2.95. The van der Waals surface area contributed by atoms with Gasteiger partial charge >= 0.3 is 6.18 Å². The standard InChI is InChI=1S/C11H9Cl2F3/c12-6-2-1-3-8-7-9(11(14,15)16)4-5-10(8)13/h1-2,4-5,7H,3,6H2/b2-1+. The number of alkyl halides is 4. The van der Waals surface area contributed by atoms with Gasteiger partial charge in [-0.2, -0.15) is 13.2 Å². The minimum atomic E-state index is -4.34. The second kappa shape index (κ2) is 5.60. The molecule has 0 aromatic heterocycles. The van der Waals surface area contributed by atoms with Crippen LogP contribution < -0.4 is 0 Å². The average molecular weight is 269 g/mol. The van der Waals surface area contributed by atoms with Crippen LogP contribution in [0.4, 0.5) is 13.2 Å². The molecule has 0 radical (unpaired) electrons. The summed E-state index contributed by atoms with van der Waals surface area (Å²) in [5.74, 6) is 0.330. The van der Waals surface area contributed by atoms with Gasteiger partial charge < -0.3 is 0 Å². The number of allylic oxidation sites excluding steroid dienone is 2. The lowest BCUT2D eigenvalue weighted by Crippen LogP contribution is -2.05. The maximum absolute atomic E-state index is 12.4. The van der Waals surface area contributed by atoms with E-state index in [2.05, 4.69) is 0 Å². The van der Waals surface area contributed by atoms with Gasteiger partial charge in [0.2, 0.25) is 0 Å². The van der Waals surface area contributed by atoms with E-state index in [-0.39, 0.29) is 0 Å². The van der Waals surface area contributed by atoms with Crippen molar-refractivity contribution in [3.05, 3.63) is 46.5 Å². The third kappa shape index (κ3) is 3.72. The SMILES string of the molecule is FC(F)(F)c1ccc(Cl)c(C/C=C/CCl)c1. The monoisotopic (exact) mass is 268 g/mol. The Bertz CT molecular complexity index is 383. The summed E-state index contributed by atoms with van der Waals surface area (Å²) < 4.78 is 37.2. The van der Waals surface area contributed by atoms with E-state index in [4.69, 9.17) is 23.2 Å². The van der Waals surface area contributed by atoms with Crippen molar-refractivity contribution >= 4 is 23.2 Å². The zero-order valence-corrected chi connectivity index (χ0v) is 9.70. The molecule has 0 amide bonds. The Kier molecular flexibility index (Phi) is 4.69. The van der Waals surface area contributed by atoms with Crippen LogP contribution in [0.1, 0.15) is 11.1 Å². The van der Waals surface area contributed by atoms with E-state index in [0.29, 0.717) is 22.9 Å². The van der Waals surface area contributed by atoms with E-state index >= 15 is 0 Å². The maximum Gasteiger partial charge on any atom is 0.416 e. The zero-order valence-electron chi connectivity index (χ0n) is 8.19. The fraction of sp³-hybridized carbons (Fsp3) is 0.273. The first kappa shape index (κ1) is 13.4. The van der Waals surface area contributed by atoms with Crippen molar-refractivity contribution in [3.8, 4) is 0 Å². The lowest BCUT2D eigenvalue weighted by Gasteiger charge is -2.09. The molecule has 0 N–H and O–H groups in total. The molecule has 0 saturated heterocycles. The number of rotatable bonds is 3. The minimum absolute atomic E-state index is 0.326. The Hall–Kier alpha value is -0.670. The second-order valence-electron chi connectivity index (χ2n) is 3.13. The molecule has 1 aromatic carbocycles. The summed E-state index contributed by atoms with van der Waals surface area (Å²) >= 11 is 11.2. The fourth-order valence-corrected chi connectivity index (χ4v) is 1.50. The van der Waals surface area contributed by atoms with Crippen molar-refractivity contribution in [1.82, 2.24) is 0 Å². The molecule has 5 heteroatoms. The second-order valence-corrected chi connectivity index (χ2v) is 3.85. The van der Waals surface area contributed by atoms with Gasteiger partial charge in [0.05, 0.1) is 5.56 Å². The highest BCUT2D eigenvalue weighted by Gasteiger charge is 2.30. The van der Waals surface area contributed by atoms with E-state index in [1.54, 1.807) is 12.2 Å². The Labute approximate surface area is 102 Å². The lowest BCUT2D eigenvalue weighted by atomic mass is 10.1. The summed E-state index contributed by atoms with van der Waals surface area (Å²) in [6.07, 6.45) is -0.641. The zero-order chi connectivity index (χ0) is 12.2. The van der Waals surface area contributed by atoms with Gasteiger partial charge in [0.1, 0.15) is 0 Å². The summed E-state index contributed by atoms with van der Waals surface area (Å²) in [6.45, 7) is 0. The summed E-state index contributed by atoms with van der Waals surface area (Å²) in [5, 5.41) is 0.326. The summed E-state index contributed by atoms with van der Waals surface area (Å²) in [5.41, 5.74) is -0.246. The molecule has 0 spiro atoms. The Morgan fingerprint density at radius 3 is 2.44 bits per heavy atom. The van der Waals surface area contributed by atoms with Crippen LogP contribution in [0.15, 0.2) is 30.4 Å². The molecule has 0 heterocycles. The van der Waals surface area contributed by atoms with Crippen molar-refractivity contribution in [2.24, 2.45) is 0 Å². The molecule has 16 heavy (non-hydrogen) atoms. The number of halogens is 5. The van der Waals surface area contributed by atoms with Crippen LogP contribution in [-0.4, -0.2) is 5.88 Å². The maximum atomic E-state index is 12.4. The molecule has 1 rings (SSSR count). The van der Waals surface area contributed by atoms with Gasteiger partial charge in [-0.15, -0.1) is 11.6 Å². The van der Waals surface area contributed by atoms with Crippen molar-refractivity contribution in [2.45, 2.75) is 12.6 Å². The van der Waals surface area contributed by atoms with E-state index in [9.17, 15) is 13.2 Å². The van der Waals surface area contributed by atoms with Crippen LogP contribution in [-0.2, 0) is 12.6 Å². The average Bonchev–Trinajstić information content (AvgIpc) is 2.19. The van der Waals surface area contributed by atoms with Crippen molar-refractivity contribution < 1.29 is 13.2 Å². The summed E-state index contributed by atoms with van der Waals surface area (Å²) in [7, 11) is 0. The first-order valence-corrected chi connectivity index (χ1v) is 5.43. The molecule has 0 bridgehead atoms. The third-order valence-electron chi connectivity index (χ3n) is 1.97. The molecule has 0 aliphatic carbocycles. The van der Waals surface area contributed by atoms with E-state index in [0.717, 1.165) is 12.1 Å². The molecule has 88 valence electrons. The van der Waals surface area contributed by atoms with Crippen LogP contribution in [0.2, 0.25) is 5.02 Å². The quantitative estimate of drug-likeness (QED) is 0.551.